The number of rotatable bonds is 9. The van der Waals surface area contributed by atoms with Gasteiger partial charge in [0.05, 0.1) is 14.2 Å². The Morgan fingerprint density at radius 3 is 2.41 bits per heavy atom. The van der Waals surface area contributed by atoms with Crippen LogP contribution < -0.4 is 19.5 Å². The molecule has 0 aromatic heterocycles. The minimum Gasteiger partial charge on any atom is -0.493 e. The minimum absolute atomic E-state index is 0.118. The lowest BCUT2D eigenvalue weighted by Gasteiger charge is -2.11. The van der Waals surface area contributed by atoms with Crippen molar-refractivity contribution < 1.29 is 28.9 Å². The van der Waals surface area contributed by atoms with Crippen LogP contribution >= 0.6 is 0 Å². The van der Waals surface area contributed by atoms with Gasteiger partial charge in [0.25, 0.3) is 0 Å². The van der Waals surface area contributed by atoms with E-state index in [0.717, 1.165) is 11.1 Å². The molecule has 144 valence electrons. The van der Waals surface area contributed by atoms with E-state index in [0.29, 0.717) is 35.8 Å². The van der Waals surface area contributed by atoms with E-state index in [2.05, 4.69) is 5.32 Å². The molecule has 0 aliphatic carbocycles. The predicted molar refractivity (Wildman–Crippen MR) is 101 cm³/mol. The Morgan fingerprint density at radius 1 is 1.04 bits per heavy atom. The van der Waals surface area contributed by atoms with Crippen molar-refractivity contribution in [3.05, 3.63) is 47.5 Å². The number of aliphatic carboxylic acids is 1. The largest absolute Gasteiger partial charge is 0.493 e. The van der Waals surface area contributed by atoms with Crippen molar-refractivity contribution in [2.75, 3.05) is 26.1 Å². The summed E-state index contributed by atoms with van der Waals surface area (Å²) in [6, 6.07) is 10.6. The topological polar surface area (TPSA) is 94.1 Å². The van der Waals surface area contributed by atoms with Gasteiger partial charge in [-0.25, -0.2) is 4.79 Å². The maximum Gasteiger partial charge on any atom is 0.341 e. The Morgan fingerprint density at radius 2 is 1.78 bits per heavy atom. The fourth-order valence-corrected chi connectivity index (χ4v) is 2.52. The first kappa shape index (κ1) is 20.1. The zero-order valence-corrected chi connectivity index (χ0v) is 15.6. The molecule has 0 aliphatic heterocycles. The molecule has 7 nitrogen and oxygen atoms in total. The second-order valence-corrected chi connectivity index (χ2v) is 5.90. The number of ether oxygens (including phenoxy) is 3. The Kier molecular flexibility index (Phi) is 7.05. The monoisotopic (exact) mass is 373 g/mol. The van der Waals surface area contributed by atoms with Crippen LogP contribution in [0.2, 0.25) is 0 Å². The van der Waals surface area contributed by atoms with E-state index in [1.807, 2.05) is 25.1 Å². The maximum atomic E-state index is 12.2. The molecule has 0 fully saturated rings. The second kappa shape index (κ2) is 9.47. The number of carbonyl (C=O) groups is 2. The number of methoxy groups -OCH3 is 2. The van der Waals surface area contributed by atoms with Gasteiger partial charge in [0.1, 0.15) is 5.75 Å². The first-order chi connectivity index (χ1) is 12.9. The van der Waals surface area contributed by atoms with Gasteiger partial charge in [-0.2, -0.15) is 0 Å². The summed E-state index contributed by atoms with van der Waals surface area (Å²) < 4.78 is 15.6. The van der Waals surface area contributed by atoms with Crippen molar-refractivity contribution in [3.8, 4) is 17.2 Å². The van der Waals surface area contributed by atoms with Gasteiger partial charge < -0.3 is 24.6 Å². The molecule has 0 saturated heterocycles. The molecule has 0 heterocycles. The van der Waals surface area contributed by atoms with Gasteiger partial charge in [0.15, 0.2) is 18.1 Å². The van der Waals surface area contributed by atoms with Crippen molar-refractivity contribution in [2.45, 2.75) is 19.8 Å². The lowest BCUT2D eigenvalue weighted by Crippen LogP contribution is -2.13. The molecule has 2 rings (SSSR count). The van der Waals surface area contributed by atoms with Crippen LogP contribution in [0, 0.1) is 6.92 Å². The molecule has 7 heteroatoms. The summed E-state index contributed by atoms with van der Waals surface area (Å²) >= 11 is 0. The van der Waals surface area contributed by atoms with E-state index < -0.39 is 12.6 Å². The third-order valence-corrected chi connectivity index (χ3v) is 3.92. The van der Waals surface area contributed by atoms with Crippen LogP contribution in [0.4, 0.5) is 5.69 Å². The van der Waals surface area contributed by atoms with Crippen molar-refractivity contribution in [3.63, 3.8) is 0 Å². The minimum atomic E-state index is -1.04. The Balaban J connectivity index is 1.93. The zero-order chi connectivity index (χ0) is 19.8. The Bertz CT molecular complexity index is 818. The highest BCUT2D eigenvalue weighted by molar-refractivity contribution is 5.91. The number of aryl methyl sites for hydroxylation is 2. The highest BCUT2D eigenvalue weighted by Gasteiger charge is 2.09. The van der Waals surface area contributed by atoms with Gasteiger partial charge in [-0.15, -0.1) is 0 Å². The third kappa shape index (κ3) is 5.91. The number of benzene rings is 2. The molecule has 0 aliphatic rings. The summed E-state index contributed by atoms with van der Waals surface area (Å²) in [5.41, 5.74) is 2.42. The van der Waals surface area contributed by atoms with Crippen LogP contribution in [0.3, 0.4) is 0 Å². The molecule has 0 saturated carbocycles. The molecular weight excluding hydrogens is 350 g/mol. The van der Waals surface area contributed by atoms with Crippen LogP contribution in [0.1, 0.15) is 17.5 Å². The van der Waals surface area contributed by atoms with Crippen molar-refractivity contribution in [1.82, 2.24) is 0 Å². The van der Waals surface area contributed by atoms with Crippen LogP contribution in [0.25, 0.3) is 0 Å². The van der Waals surface area contributed by atoms with E-state index in [1.165, 1.54) is 0 Å². The summed E-state index contributed by atoms with van der Waals surface area (Å²) in [5, 5.41) is 11.5. The molecule has 2 N–H and O–H groups in total. The predicted octanol–water partition coefficient (Wildman–Crippen LogP) is 3.05. The van der Waals surface area contributed by atoms with E-state index in [1.54, 1.807) is 32.4 Å². The van der Waals surface area contributed by atoms with Crippen molar-refractivity contribution >= 4 is 17.6 Å². The molecule has 1 amide bonds. The SMILES string of the molecule is COc1ccc(CCC(=O)Nc2ccc(OCC(=O)O)cc2C)cc1OC. The number of anilines is 1. The van der Waals surface area contributed by atoms with Gasteiger partial charge in [0, 0.05) is 12.1 Å². The zero-order valence-electron chi connectivity index (χ0n) is 15.6. The smallest absolute Gasteiger partial charge is 0.341 e. The molecule has 0 radical (unpaired) electrons. The lowest BCUT2D eigenvalue weighted by molar-refractivity contribution is -0.139. The standard InChI is InChI=1S/C20H23NO6/c1-13-10-15(27-12-20(23)24)6-7-16(13)21-19(22)9-5-14-4-8-17(25-2)18(11-14)26-3/h4,6-8,10-11H,5,9,12H2,1-3H3,(H,21,22)(H,23,24). The maximum absolute atomic E-state index is 12.2. The summed E-state index contributed by atoms with van der Waals surface area (Å²) in [6.45, 7) is 1.41. The number of carbonyl (C=O) groups excluding carboxylic acids is 1. The molecular formula is C20H23NO6. The Hall–Kier alpha value is -3.22. The van der Waals surface area contributed by atoms with Gasteiger partial charge in [-0.05, 0) is 54.8 Å². The van der Waals surface area contributed by atoms with Gasteiger partial charge in [-0.3, -0.25) is 4.79 Å². The molecule has 0 spiro atoms. The quantitative estimate of drug-likeness (QED) is 0.702. The fraction of sp³-hybridized carbons (Fsp3) is 0.300. The highest BCUT2D eigenvalue weighted by atomic mass is 16.5. The average molecular weight is 373 g/mol. The number of carboxylic acid groups (broad SMARTS) is 1. The number of hydrogen-bond donors (Lipinski definition) is 2. The summed E-state index contributed by atoms with van der Waals surface area (Å²) in [7, 11) is 3.15. The van der Waals surface area contributed by atoms with Crippen molar-refractivity contribution in [1.29, 1.82) is 0 Å². The van der Waals surface area contributed by atoms with E-state index >= 15 is 0 Å². The molecule has 2 aromatic rings. The van der Waals surface area contributed by atoms with Crippen molar-refractivity contribution in [2.24, 2.45) is 0 Å². The Labute approximate surface area is 157 Å². The number of nitrogens with one attached hydrogen (secondary N) is 1. The van der Waals surface area contributed by atoms with Crippen LogP contribution in [0.15, 0.2) is 36.4 Å². The second-order valence-electron chi connectivity index (χ2n) is 5.90. The van der Waals surface area contributed by atoms with Crippen LogP contribution in [-0.4, -0.2) is 37.8 Å². The molecule has 0 bridgehead atoms. The van der Waals surface area contributed by atoms with E-state index in [4.69, 9.17) is 19.3 Å². The van der Waals surface area contributed by atoms with E-state index in [9.17, 15) is 9.59 Å². The number of carboxylic acids is 1. The van der Waals surface area contributed by atoms with Crippen LogP contribution in [-0.2, 0) is 16.0 Å². The molecule has 27 heavy (non-hydrogen) atoms. The normalized spacial score (nSPS) is 10.2. The summed E-state index contributed by atoms with van der Waals surface area (Å²) in [4.78, 5) is 22.8. The molecule has 2 aromatic carbocycles. The highest BCUT2D eigenvalue weighted by Crippen LogP contribution is 2.28. The van der Waals surface area contributed by atoms with Gasteiger partial charge >= 0.3 is 5.97 Å². The molecule has 0 atom stereocenters. The number of hydrogen-bond acceptors (Lipinski definition) is 5. The fourth-order valence-electron chi connectivity index (χ4n) is 2.52. The van der Waals surface area contributed by atoms with Gasteiger partial charge in [-0.1, -0.05) is 6.07 Å². The van der Waals surface area contributed by atoms with Crippen LogP contribution in [0.5, 0.6) is 17.2 Å². The lowest BCUT2D eigenvalue weighted by atomic mass is 10.1. The third-order valence-electron chi connectivity index (χ3n) is 3.92. The van der Waals surface area contributed by atoms with E-state index in [-0.39, 0.29) is 5.91 Å². The first-order valence-electron chi connectivity index (χ1n) is 8.39. The van der Waals surface area contributed by atoms with Gasteiger partial charge in [0.2, 0.25) is 5.91 Å². The average Bonchev–Trinajstić information content (AvgIpc) is 2.66. The summed E-state index contributed by atoms with van der Waals surface area (Å²) in [5.74, 6) is 0.556. The first-order valence-corrected chi connectivity index (χ1v) is 8.39. The number of amides is 1. The molecule has 0 unspecified atom stereocenters. The summed E-state index contributed by atoms with van der Waals surface area (Å²) in [6.07, 6.45) is 0.872.